The fourth-order valence-electron chi connectivity index (χ4n) is 3.05. The third kappa shape index (κ3) is 4.66. The van der Waals surface area contributed by atoms with Gasteiger partial charge in [0.2, 0.25) is 5.91 Å². The number of rotatable bonds is 5. The van der Waals surface area contributed by atoms with Crippen LogP contribution in [0.3, 0.4) is 0 Å². The first-order valence-electron chi connectivity index (χ1n) is 7.32. The minimum atomic E-state index is 0.266. The molecule has 1 aliphatic carbocycles. The highest BCUT2D eigenvalue weighted by molar-refractivity contribution is 5.75. The van der Waals surface area contributed by atoms with E-state index in [1.807, 2.05) is 0 Å². The predicted molar refractivity (Wildman–Crippen MR) is 69.8 cm³/mol. The smallest absolute Gasteiger partial charge is 0.220 e. The Labute approximate surface area is 105 Å². The monoisotopic (exact) mass is 238 g/mol. The first kappa shape index (κ1) is 12.9. The summed E-state index contributed by atoms with van der Waals surface area (Å²) < 4.78 is 0. The fourth-order valence-corrected chi connectivity index (χ4v) is 3.05. The van der Waals surface area contributed by atoms with Gasteiger partial charge in [-0.3, -0.25) is 4.79 Å². The summed E-state index contributed by atoms with van der Waals surface area (Å²) in [5.41, 5.74) is 0. The predicted octanol–water partition coefficient (Wildman–Crippen LogP) is 2.07. The van der Waals surface area contributed by atoms with E-state index < -0.39 is 0 Å². The van der Waals surface area contributed by atoms with Crippen LogP contribution in [-0.4, -0.2) is 25.5 Å². The van der Waals surface area contributed by atoms with E-state index in [1.165, 1.54) is 38.5 Å². The molecule has 1 saturated carbocycles. The standard InChI is InChI=1S/C14H26N2O/c17-14(16-11-13-8-9-15-10-13)7-6-12-4-2-1-3-5-12/h12-13,15H,1-11H2,(H,16,17). The van der Waals surface area contributed by atoms with Crippen molar-refractivity contribution in [1.82, 2.24) is 10.6 Å². The molecule has 98 valence electrons. The van der Waals surface area contributed by atoms with Crippen LogP contribution in [0.2, 0.25) is 0 Å². The molecule has 1 saturated heterocycles. The van der Waals surface area contributed by atoms with E-state index in [0.29, 0.717) is 5.92 Å². The maximum absolute atomic E-state index is 11.7. The first-order chi connectivity index (χ1) is 8.34. The van der Waals surface area contributed by atoms with Crippen LogP contribution in [0.15, 0.2) is 0 Å². The number of amides is 1. The zero-order valence-electron chi connectivity index (χ0n) is 10.8. The van der Waals surface area contributed by atoms with E-state index >= 15 is 0 Å². The van der Waals surface area contributed by atoms with E-state index in [0.717, 1.165) is 38.4 Å². The molecule has 0 bridgehead atoms. The zero-order valence-corrected chi connectivity index (χ0v) is 10.8. The summed E-state index contributed by atoms with van der Waals surface area (Å²) in [5, 5.41) is 6.41. The molecule has 2 rings (SSSR count). The average Bonchev–Trinajstić information content (AvgIpc) is 2.88. The zero-order chi connectivity index (χ0) is 11.9. The summed E-state index contributed by atoms with van der Waals surface area (Å²) in [4.78, 5) is 11.7. The minimum absolute atomic E-state index is 0.266. The van der Waals surface area contributed by atoms with Crippen molar-refractivity contribution in [2.45, 2.75) is 51.4 Å². The molecule has 17 heavy (non-hydrogen) atoms. The Hall–Kier alpha value is -0.570. The van der Waals surface area contributed by atoms with Crippen molar-refractivity contribution < 1.29 is 4.79 Å². The van der Waals surface area contributed by atoms with Crippen molar-refractivity contribution in [1.29, 1.82) is 0 Å². The molecule has 0 spiro atoms. The van der Waals surface area contributed by atoms with Crippen LogP contribution in [0.5, 0.6) is 0 Å². The fraction of sp³-hybridized carbons (Fsp3) is 0.929. The summed E-state index contributed by atoms with van der Waals surface area (Å²) in [5.74, 6) is 1.75. The lowest BCUT2D eigenvalue weighted by molar-refractivity contribution is -0.121. The normalized spacial score (nSPS) is 26.0. The third-order valence-corrected chi connectivity index (χ3v) is 4.25. The Morgan fingerprint density at radius 1 is 1.12 bits per heavy atom. The summed E-state index contributed by atoms with van der Waals surface area (Å²) in [6.45, 7) is 3.06. The van der Waals surface area contributed by atoms with Crippen LogP contribution in [0.1, 0.15) is 51.4 Å². The van der Waals surface area contributed by atoms with E-state index in [4.69, 9.17) is 0 Å². The molecule has 2 N–H and O–H groups in total. The molecule has 3 nitrogen and oxygen atoms in total. The number of carbonyl (C=O) groups excluding carboxylic acids is 1. The van der Waals surface area contributed by atoms with Crippen LogP contribution < -0.4 is 10.6 Å². The summed E-state index contributed by atoms with van der Waals surface area (Å²) in [6.07, 6.45) is 9.90. The minimum Gasteiger partial charge on any atom is -0.356 e. The van der Waals surface area contributed by atoms with Gasteiger partial charge in [-0.25, -0.2) is 0 Å². The van der Waals surface area contributed by atoms with E-state index in [2.05, 4.69) is 10.6 Å². The molecule has 2 aliphatic rings. The molecule has 3 heteroatoms. The summed E-state index contributed by atoms with van der Waals surface area (Å²) in [6, 6.07) is 0. The molecule has 2 fully saturated rings. The quantitative estimate of drug-likeness (QED) is 0.770. The number of nitrogens with one attached hydrogen (secondary N) is 2. The highest BCUT2D eigenvalue weighted by Gasteiger charge is 2.17. The maximum atomic E-state index is 11.7. The van der Waals surface area contributed by atoms with Gasteiger partial charge in [-0.15, -0.1) is 0 Å². The number of hydrogen-bond acceptors (Lipinski definition) is 2. The van der Waals surface area contributed by atoms with Gasteiger partial charge < -0.3 is 10.6 Å². The molecular formula is C14H26N2O. The summed E-state index contributed by atoms with van der Waals surface area (Å²) in [7, 11) is 0. The van der Waals surface area contributed by atoms with Crippen LogP contribution in [0.4, 0.5) is 0 Å². The molecule has 0 aromatic rings. The molecule has 0 radical (unpaired) electrons. The van der Waals surface area contributed by atoms with Crippen LogP contribution in [0, 0.1) is 11.8 Å². The Bertz CT molecular complexity index is 230. The van der Waals surface area contributed by atoms with Crippen molar-refractivity contribution in [3.8, 4) is 0 Å². The van der Waals surface area contributed by atoms with Crippen molar-refractivity contribution in [3.05, 3.63) is 0 Å². The average molecular weight is 238 g/mol. The van der Waals surface area contributed by atoms with Gasteiger partial charge >= 0.3 is 0 Å². The van der Waals surface area contributed by atoms with Gasteiger partial charge in [-0.2, -0.15) is 0 Å². The van der Waals surface area contributed by atoms with E-state index in [9.17, 15) is 4.79 Å². The molecule has 0 aromatic carbocycles. The van der Waals surface area contributed by atoms with Gasteiger partial charge in [-0.1, -0.05) is 32.1 Å². The third-order valence-electron chi connectivity index (χ3n) is 4.25. The van der Waals surface area contributed by atoms with Gasteiger partial charge in [0.1, 0.15) is 0 Å². The Morgan fingerprint density at radius 3 is 2.65 bits per heavy atom. The van der Waals surface area contributed by atoms with Crippen molar-refractivity contribution in [2.75, 3.05) is 19.6 Å². The molecule has 1 amide bonds. The van der Waals surface area contributed by atoms with Gasteiger partial charge in [0.05, 0.1) is 0 Å². The second-order valence-corrected chi connectivity index (χ2v) is 5.71. The van der Waals surface area contributed by atoms with Crippen LogP contribution >= 0.6 is 0 Å². The van der Waals surface area contributed by atoms with E-state index in [1.54, 1.807) is 0 Å². The van der Waals surface area contributed by atoms with Gasteiger partial charge in [0.15, 0.2) is 0 Å². The second kappa shape index (κ2) is 7.00. The van der Waals surface area contributed by atoms with Crippen LogP contribution in [-0.2, 0) is 4.79 Å². The van der Waals surface area contributed by atoms with Crippen molar-refractivity contribution in [3.63, 3.8) is 0 Å². The molecule has 0 aromatic heterocycles. The topological polar surface area (TPSA) is 41.1 Å². The molecule has 1 heterocycles. The SMILES string of the molecule is O=C(CCC1CCCCC1)NCC1CCNC1. The Morgan fingerprint density at radius 2 is 1.94 bits per heavy atom. The lowest BCUT2D eigenvalue weighted by atomic mass is 9.86. The highest BCUT2D eigenvalue weighted by Crippen LogP contribution is 2.27. The lowest BCUT2D eigenvalue weighted by Gasteiger charge is -2.21. The molecular weight excluding hydrogens is 212 g/mol. The summed E-state index contributed by atoms with van der Waals surface area (Å²) >= 11 is 0. The molecule has 1 aliphatic heterocycles. The van der Waals surface area contributed by atoms with Gasteiger partial charge in [0, 0.05) is 13.0 Å². The van der Waals surface area contributed by atoms with Gasteiger partial charge in [-0.05, 0) is 37.8 Å². The van der Waals surface area contributed by atoms with Gasteiger partial charge in [0.25, 0.3) is 0 Å². The lowest BCUT2D eigenvalue weighted by Crippen LogP contribution is -2.30. The van der Waals surface area contributed by atoms with Crippen LogP contribution in [0.25, 0.3) is 0 Å². The number of hydrogen-bond donors (Lipinski definition) is 2. The number of carbonyl (C=O) groups is 1. The largest absolute Gasteiger partial charge is 0.356 e. The highest BCUT2D eigenvalue weighted by atomic mass is 16.1. The molecule has 1 atom stereocenters. The van der Waals surface area contributed by atoms with Crippen molar-refractivity contribution in [2.24, 2.45) is 11.8 Å². The van der Waals surface area contributed by atoms with Crippen molar-refractivity contribution >= 4 is 5.91 Å². The van der Waals surface area contributed by atoms with E-state index in [-0.39, 0.29) is 5.91 Å². The first-order valence-corrected chi connectivity index (χ1v) is 7.32. The second-order valence-electron chi connectivity index (χ2n) is 5.71. The Balaban J connectivity index is 1.53. The molecule has 1 unspecified atom stereocenters. The Kier molecular flexibility index (Phi) is 5.30. The maximum Gasteiger partial charge on any atom is 0.220 e.